The van der Waals surface area contributed by atoms with Crippen molar-refractivity contribution in [3.05, 3.63) is 52.6 Å². The van der Waals surface area contributed by atoms with Gasteiger partial charge in [-0.05, 0) is 49.6 Å². The summed E-state index contributed by atoms with van der Waals surface area (Å²) in [6.07, 6.45) is 5.10. The number of nitrogens with zero attached hydrogens (tertiary/aromatic N) is 5. The van der Waals surface area contributed by atoms with E-state index in [9.17, 15) is 14.4 Å². The van der Waals surface area contributed by atoms with Crippen LogP contribution in [0.25, 0.3) is 5.78 Å². The lowest BCUT2D eigenvalue weighted by molar-refractivity contribution is -0.117. The molecule has 1 N–H and O–H groups in total. The highest BCUT2D eigenvalue weighted by atomic mass is 16.5. The predicted molar refractivity (Wildman–Crippen MR) is 110 cm³/mol. The number of esters is 1. The number of carbonyl (C=O) groups is 2. The second-order valence-corrected chi connectivity index (χ2v) is 7.06. The third-order valence-corrected chi connectivity index (χ3v) is 5.00. The first-order chi connectivity index (χ1) is 14.5. The number of nitrogens with one attached hydrogen (secondary N) is 1. The maximum Gasteiger partial charge on any atom is 0.352 e. The first-order valence-corrected chi connectivity index (χ1v) is 9.74. The van der Waals surface area contributed by atoms with Gasteiger partial charge >= 0.3 is 11.7 Å². The molecule has 1 aliphatic heterocycles. The van der Waals surface area contributed by atoms with Gasteiger partial charge in [-0.2, -0.15) is 4.98 Å². The zero-order valence-corrected chi connectivity index (χ0v) is 16.6. The second kappa shape index (κ2) is 8.36. The number of carbonyl (C=O) groups excluding carboxylic acids is 2. The zero-order chi connectivity index (χ0) is 21.1. The Labute approximate surface area is 172 Å². The minimum absolute atomic E-state index is 0.250. The van der Waals surface area contributed by atoms with Crippen LogP contribution >= 0.6 is 0 Å². The van der Waals surface area contributed by atoms with E-state index >= 15 is 0 Å². The minimum atomic E-state index is -0.458. The molecule has 10 heteroatoms. The molecule has 0 bridgehead atoms. The molecule has 0 spiro atoms. The van der Waals surface area contributed by atoms with Gasteiger partial charge in [-0.25, -0.2) is 18.7 Å². The van der Waals surface area contributed by atoms with Crippen molar-refractivity contribution in [2.45, 2.75) is 25.8 Å². The van der Waals surface area contributed by atoms with Crippen molar-refractivity contribution >= 4 is 29.2 Å². The Morgan fingerprint density at radius 2 is 1.83 bits per heavy atom. The molecule has 156 valence electrons. The summed E-state index contributed by atoms with van der Waals surface area (Å²) in [6.45, 7) is 1.62. The van der Waals surface area contributed by atoms with Gasteiger partial charge < -0.3 is 15.0 Å². The fourth-order valence-electron chi connectivity index (χ4n) is 3.44. The monoisotopic (exact) mass is 410 g/mol. The Morgan fingerprint density at radius 1 is 1.10 bits per heavy atom. The first-order valence-electron chi connectivity index (χ1n) is 9.74. The summed E-state index contributed by atoms with van der Waals surface area (Å²) in [4.78, 5) is 43.0. The largest absolute Gasteiger partial charge is 0.465 e. The normalized spacial score (nSPS) is 14.0. The molecule has 30 heavy (non-hydrogen) atoms. The highest BCUT2D eigenvalue weighted by Crippen LogP contribution is 2.17. The van der Waals surface area contributed by atoms with Crippen LogP contribution in [-0.4, -0.2) is 51.2 Å². The molecule has 4 rings (SSSR count). The number of methoxy groups -OCH3 is 1. The van der Waals surface area contributed by atoms with Crippen molar-refractivity contribution < 1.29 is 14.3 Å². The fraction of sp³-hybridized carbons (Fsp3) is 0.350. The van der Waals surface area contributed by atoms with Crippen LogP contribution in [0, 0.1) is 0 Å². The molecular formula is C20H22N6O4. The van der Waals surface area contributed by atoms with Crippen molar-refractivity contribution in [3.8, 4) is 0 Å². The van der Waals surface area contributed by atoms with E-state index in [0.717, 1.165) is 36.4 Å². The number of aromatic nitrogens is 4. The van der Waals surface area contributed by atoms with E-state index in [2.05, 4.69) is 25.0 Å². The van der Waals surface area contributed by atoms with Crippen LogP contribution in [0.3, 0.4) is 0 Å². The van der Waals surface area contributed by atoms with Gasteiger partial charge in [-0.1, -0.05) is 0 Å². The van der Waals surface area contributed by atoms with Crippen molar-refractivity contribution in [2.75, 3.05) is 30.4 Å². The molecular weight excluding hydrogens is 388 g/mol. The molecule has 3 aromatic rings. The number of hydrogen-bond acceptors (Lipinski definition) is 7. The Morgan fingerprint density at radius 3 is 2.53 bits per heavy atom. The van der Waals surface area contributed by atoms with E-state index < -0.39 is 17.6 Å². The maximum atomic E-state index is 12.5. The smallest absolute Gasteiger partial charge is 0.352 e. The van der Waals surface area contributed by atoms with Crippen LogP contribution in [0.5, 0.6) is 0 Å². The van der Waals surface area contributed by atoms with Gasteiger partial charge in [0.15, 0.2) is 0 Å². The molecule has 1 aliphatic rings. The van der Waals surface area contributed by atoms with Gasteiger partial charge in [0.2, 0.25) is 5.91 Å². The molecule has 10 nitrogen and oxygen atoms in total. The summed E-state index contributed by atoms with van der Waals surface area (Å²) in [6, 6.07) is 8.07. The lowest BCUT2D eigenvalue weighted by Crippen LogP contribution is -2.30. The van der Waals surface area contributed by atoms with E-state index in [4.69, 9.17) is 0 Å². The van der Waals surface area contributed by atoms with Crippen molar-refractivity contribution in [1.29, 1.82) is 0 Å². The van der Waals surface area contributed by atoms with Crippen LogP contribution in [0.15, 0.2) is 41.3 Å². The predicted octanol–water partition coefficient (Wildman–Crippen LogP) is 1.31. The Balaban J connectivity index is 1.47. The SMILES string of the molecule is COC(=O)c1ccc(NC(=O)Cn2nc3nc(N4CCCCC4)ccn3c2=O)cc1. The molecule has 1 amide bonds. The molecule has 0 aliphatic carbocycles. The average Bonchev–Trinajstić information content (AvgIpc) is 3.08. The van der Waals surface area contributed by atoms with Gasteiger partial charge in [0, 0.05) is 25.0 Å². The van der Waals surface area contributed by atoms with Crippen LogP contribution in [0.4, 0.5) is 11.5 Å². The number of amides is 1. The summed E-state index contributed by atoms with van der Waals surface area (Å²) in [7, 11) is 1.30. The van der Waals surface area contributed by atoms with Gasteiger partial charge in [0.05, 0.1) is 12.7 Å². The number of anilines is 2. The molecule has 0 saturated carbocycles. The third kappa shape index (κ3) is 4.02. The lowest BCUT2D eigenvalue weighted by Gasteiger charge is -2.27. The topological polar surface area (TPSA) is 111 Å². The summed E-state index contributed by atoms with van der Waals surface area (Å²) in [5.74, 6) is 0.177. The second-order valence-electron chi connectivity index (χ2n) is 7.06. The van der Waals surface area contributed by atoms with Crippen LogP contribution in [-0.2, 0) is 16.1 Å². The quantitative estimate of drug-likeness (QED) is 0.631. The standard InChI is InChI=1S/C20H22N6O4/c1-30-18(28)14-5-7-15(8-6-14)21-17(27)13-26-20(29)25-12-9-16(22-19(25)23-26)24-10-3-2-4-11-24/h5-9,12H,2-4,10-11,13H2,1H3,(H,21,27). The Bertz CT molecular complexity index is 1130. The molecule has 3 heterocycles. The van der Waals surface area contributed by atoms with E-state index in [1.165, 1.54) is 17.9 Å². The van der Waals surface area contributed by atoms with Crippen LogP contribution in [0.2, 0.25) is 0 Å². The van der Waals surface area contributed by atoms with E-state index in [0.29, 0.717) is 11.3 Å². The first kappa shape index (κ1) is 19.6. The van der Waals surface area contributed by atoms with Crippen LogP contribution in [0.1, 0.15) is 29.6 Å². The van der Waals surface area contributed by atoms with Gasteiger partial charge in [0.25, 0.3) is 5.78 Å². The number of hydrogen-bond donors (Lipinski definition) is 1. The highest BCUT2D eigenvalue weighted by Gasteiger charge is 2.16. The summed E-state index contributed by atoms with van der Waals surface area (Å²) >= 11 is 0. The molecule has 0 radical (unpaired) electrons. The zero-order valence-electron chi connectivity index (χ0n) is 16.6. The van der Waals surface area contributed by atoms with Gasteiger partial charge in [0.1, 0.15) is 12.4 Å². The van der Waals surface area contributed by atoms with E-state index in [1.807, 2.05) is 0 Å². The highest BCUT2D eigenvalue weighted by molar-refractivity contribution is 5.92. The van der Waals surface area contributed by atoms with E-state index in [-0.39, 0.29) is 12.3 Å². The molecule has 1 fully saturated rings. The molecule has 0 unspecified atom stereocenters. The Kier molecular flexibility index (Phi) is 5.46. The molecule has 0 atom stereocenters. The Hall–Kier alpha value is -3.69. The van der Waals surface area contributed by atoms with Gasteiger partial charge in [-0.3, -0.25) is 4.79 Å². The number of ether oxygens (including phenoxy) is 1. The number of fused-ring (bicyclic) bond motifs is 1. The van der Waals surface area contributed by atoms with Crippen LogP contribution < -0.4 is 15.9 Å². The fourth-order valence-corrected chi connectivity index (χ4v) is 3.44. The van der Waals surface area contributed by atoms with Gasteiger partial charge in [-0.15, -0.1) is 5.10 Å². The maximum absolute atomic E-state index is 12.5. The van der Waals surface area contributed by atoms with Crippen molar-refractivity contribution in [3.63, 3.8) is 0 Å². The average molecular weight is 410 g/mol. The lowest BCUT2D eigenvalue weighted by atomic mass is 10.1. The summed E-state index contributed by atoms with van der Waals surface area (Å²) in [5, 5.41) is 6.89. The third-order valence-electron chi connectivity index (χ3n) is 5.00. The molecule has 1 saturated heterocycles. The molecule has 2 aromatic heterocycles. The minimum Gasteiger partial charge on any atom is -0.465 e. The van der Waals surface area contributed by atoms with E-state index in [1.54, 1.807) is 36.5 Å². The number of rotatable bonds is 5. The summed E-state index contributed by atoms with van der Waals surface area (Å²) in [5.41, 5.74) is 0.441. The number of benzene rings is 1. The summed E-state index contributed by atoms with van der Waals surface area (Å²) < 4.78 is 7.05. The molecule has 1 aromatic carbocycles. The van der Waals surface area contributed by atoms with Crippen molar-refractivity contribution in [2.24, 2.45) is 0 Å². The number of piperidine rings is 1. The van der Waals surface area contributed by atoms with Crippen molar-refractivity contribution in [1.82, 2.24) is 19.2 Å².